The molecule has 0 heterocycles. The van der Waals surface area contributed by atoms with E-state index in [4.69, 9.17) is 9.84 Å². The van der Waals surface area contributed by atoms with Crippen molar-refractivity contribution in [1.82, 2.24) is 5.32 Å². The average Bonchev–Trinajstić information content (AvgIpc) is 2.62. The van der Waals surface area contributed by atoms with Gasteiger partial charge in [-0.15, -0.1) is 0 Å². The number of carboxylic acids is 1. The zero-order valence-corrected chi connectivity index (χ0v) is 14.5. The molecule has 1 fully saturated rings. The molecule has 25 heavy (non-hydrogen) atoms. The van der Waals surface area contributed by atoms with Gasteiger partial charge in [-0.25, -0.2) is 4.79 Å². The number of anilines is 1. The molecule has 0 aromatic heterocycles. The van der Waals surface area contributed by atoms with Gasteiger partial charge in [0, 0.05) is 24.4 Å². The quantitative estimate of drug-likeness (QED) is 0.684. The Morgan fingerprint density at radius 2 is 1.72 bits per heavy atom. The van der Waals surface area contributed by atoms with E-state index in [0.717, 1.165) is 32.8 Å². The van der Waals surface area contributed by atoms with Crippen molar-refractivity contribution < 1.29 is 24.2 Å². The Kier molecular flexibility index (Phi) is 6.14. The Hall–Kier alpha value is -2.41. The molecule has 7 heteroatoms. The maximum Gasteiger partial charge on any atom is 0.345 e. The topological polar surface area (TPSA) is 105 Å². The van der Waals surface area contributed by atoms with Crippen LogP contribution in [0.5, 0.6) is 0 Å². The Balaban J connectivity index is 1.98. The Morgan fingerprint density at radius 3 is 2.24 bits per heavy atom. The van der Waals surface area contributed by atoms with Gasteiger partial charge in [0.1, 0.15) is 0 Å². The standard InChI is InChI=1S/C18H24N2O5/c1-18(25-2,17(23)24)16(22)20-14-10-8-12(9-11-14)15(21)19-13-6-4-3-5-7-13/h8-11,13H,3-7H2,1-2H3,(H,19,21)(H,20,22)(H,23,24). The van der Waals surface area contributed by atoms with Gasteiger partial charge in [0.25, 0.3) is 11.8 Å². The van der Waals surface area contributed by atoms with E-state index in [9.17, 15) is 14.4 Å². The highest BCUT2D eigenvalue weighted by Crippen LogP contribution is 2.19. The lowest BCUT2D eigenvalue weighted by Crippen LogP contribution is -2.48. The van der Waals surface area contributed by atoms with Crippen molar-refractivity contribution in [3.8, 4) is 0 Å². The van der Waals surface area contributed by atoms with Crippen LogP contribution in [0.1, 0.15) is 49.4 Å². The number of amides is 2. The molecular weight excluding hydrogens is 324 g/mol. The van der Waals surface area contributed by atoms with Crippen LogP contribution in [0, 0.1) is 0 Å². The predicted octanol–water partition coefficient (Wildman–Crippen LogP) is 2.18. The van der Waals surface area contributed by atoms with Crippen molar-refractivity contribution in [2.45, 2.75) is 50.7 Å². The number of methoxy groups -OCH3 is 1. The van der Waals surface area contributed by atoms with E-state index in [1.807, 2.05) is 0 Å². The molecule has 0 spiro atoms. The van der Waals surface area contributed by atoms with Crippen molar-refractivity contribution >= 4 is 23.5 Å². The third-order valence-corrected chi connectivity index (χ3v) is 4.59. The summed E-state index contributed by atoms with van der Waals surface area (Å²) < 4.78 is 4.80. The summed E-state index contributed by atoms with van der Waals surface area (Å²) in [4.78, 5) is 35.5. The van der Waals surface area contributed by atoms with Gasteiger partial charge in [0.15, 0.2) is 0 Å². The summed E-state index contributed by atoms with van der Waals surface area (Å²) in [6, 6.07) is 6.54. The van der Waals surface area contributed by atoms with E-state index in [1.165, 1.54) is 13.3 Å². The van der Waals surface area contributed by atoms with Crippen LogP contribution in [0.25, 0.3) is 0 Å². The minimum atomic E-state index is -1.98. The highest BCUT2D eigenvalue weighted by atomic mass is 16.5. The molecule has 1 unspecified atom stereocenters. The first-order valence-corrected chi connectivity index (χ1v) is 8.37. The van der Waals surface area contributed by atoms with Crippen LogP contribution in [-0.2, 0) is 14.3 Å². The monoisotopic (exact) mass is 348 g/mol. The molecule has 0 radical (unpaired) electrons. The number of ether oxygens (including phenoxy) is 1. The molecule has 2 amide bonds. The van der Waals surface area contributed by atoms with Gasteiger partial charge in [-0.05, 0) is 44.0 Å². The van der Waals surface area contributed by atoms with Crippen LogP contribution in [-0.4, -0.2) is 41.6 Å². The van der Waals surface area contributed by atoms with E-state index in [0.29, 0.717) is 11.3 Å². The smallest absolute Gasteiger partial charge is 0.345 e. The number of hydrogen-bond donors (Lipinski definition) is 3. The number of hydrogen-bond acceptors (Lipinski definition) is 4. The molecule has 1 saturated carbocycles. The predicted molar refractivity (Wildman–Crippen MR) is 92.5 cm³/mol. The summed E-state index contributed by atoms with van der Waals surface area (Å²) in [5.41, 5.74) is -1.09. The van der Waals surface area contributed by atoms with E-state index in [-0.39, 0.29) is 11.9 Å². The van der Waals surface area contributed by atoms with Crippen LogP contribution in [0.4, 0.5) is 5.69 Å². The molecule has 2 rings (SSSR count). The fourth-order valence-electron chi connectivity index (χ4n) is 2.75. The van der Waals surface area contributed by atoms with Crippen LogP contribution < -0.4 is 10.6 Å². The highest BCUT2D eigenvalue weighted by Gasteiger charge is 2.41. The van der Waals surface area contributed by atoms with E-state index >= 15 is 0 Å². The summed E-state index contributed by atoms with van der Waals surface area (Å²) in [5.74, 6) is -2.31. The summed E-state index contributed by atoms with van der Waals surface area (Å²) in [6.45, 7) is 1.18. The number of nitrogens with one attached hydrogen (secondary N) is 2. The molecule has 1 atom stereocenters. The third-order valence-electron chi connectivity index (χ3n) is 4.59. The van der Waals surface area contributed by atoms with Gasteiger partial charge in [0.2, 0.25) is 5.60 Å². The summed E-state index contributed by atoms with van der Waals surface area (Å²) in [6.07, 6.45) is 5.50. The summed E-state index contributed by atoms with van der Waals surface area (Å²) in [5, 5.41) is 14.6. The number of aliphatic carboxylic acids is 1. The van der Waals surface area contributed by atoms with E-state index < -0.39 is 17.5 Å². The van der Waals surface area contributed by atoms with Crippen LogP contribution in [0.2, 0.25) is 0 Å². The van der Waals surface area contributed by atoms with Gasteiger partial charge < -0.3 is 20.5 Å². The molecule has 3 N–H and O–H groups in total. The fraction of sp³-hybridized carbons (Fsp3) is 0.500. The number of rotatable bonds is 6. The number of carboxylic acid groups (broad SMARTS) is 1. The average molecular weight is 348 g/mol. The molecule has 0 saturated heterocycles. The third kappa shape index (κ3) is 4.57. The number of carbonyl (C=O) groups excluding carboxylic acids is 2. The summed E-state index contributed by atoms with van der Waals surface area (Å²) in [7, 11) is 1.16. The largest absolute Gasteiger partial charge is 0.479 e. The molecule has 136 valence electrons. The lowest BCUT2D eigenvalue weighted by molar-refractivity contribution is -0.165. The van der Waals surface area contributed by atoms with Crippen molar-refractivity contribution in [3.63, 3.8) is 0 Å². The lowest BCUT2D eigenvalue weighted by Gasteiger charge is -2.23. The first-order chi connectivity index (χ1) is 11.9. The Labute approximate surface area is 146 Å². The first kappa shape index (κ1) is 18.9. The zero-order chi connectivity index (χ0) is 18.4. The van der Waals surface area contributed by atoms with Crippen LogP contribution in [0.15, 0.2) is 24.3 Å². The second-order valence-corrected chi connectivity index (χ2v) is 6.38. The molecule has 1 aliphatic rings. The van der Waals surface area contributed by atoms with Crippen molar-refractivity contribution in [2.75, 3.05) is 12.4 Å². The molecule has 7 nitrogen and oxygen atoms in total. The maximum atomic E-state index is 12.2. The van der Waals surface area contributed by atoms with E-state index in [1.54, 1.807) is 24.3 Å². The van der Waals surface area contributed by atoms with Crippen molar-refractivity contribution in [1.29, 1.82) is 0 Å². The fourth-order valence-corrected chi connectivity index (χ4v) is 2.75. The minimum Gasteiger partial charge on any atom is -0.479 e. The lowest BCUT2D eigenvalue weighted by atomic mass is 9.95. The summed E-state index contributed by atoms with van der Waals surface area (Å²) >= 11 is 0. The normalized spacial score (nSPS) is 17.4. The Morgan fingerprint density at radius 1 is 1.12 bits per heavy atom. The molecule has 1 aromatic carbocycles. The zero-order valence-electron chi connectivity index (χ0n) is 14.5. The number of benzene rings is 1. The van der Waals surface area contributed by atoms with Gasteiger partial charge >= 0.3 is 5.97 Å². The second kappa shape index (κ2) is 8.11. The minimum absolute atomic E-state index is 0.142. The SMILES string of the molecule is COC(C)(C(=O)O)C(=O)Nc1ccc(C(=O)NC2CCCCC2)cc1. The molecule has 0 aliphatic heterocycles. The van der Waals surface area contributed by atoms with Crippen molar-refractivity contribution in [3.05, 3.63) is 29.8 Å². The molecule has 1 aromatic rings. The van der Waals surface area contributed by atoms with Gasteiger partial charge in [-0.2, -0.15) is 0 Å². The van der Waals surface area contributed by atoms with Gasteiger partial charge in [0.05, 0.1) is 0 Å². The molecular formula is C18H24N2O5. The maximum absolute atomic E-state index is 12.2. The Bertz CT molecular complexity index is 637. The number of carbonyl (C=O) groups is 3. The highest BCUT2D eigenvalue weighted by molar-refractivity contribution is 6.11. The van der Waals surface area contributed by atoms with E-state index in [2.05, 4.69) is 10.6 Å². The van der Waals surface area contributed by atoms with Crippen LogP contribution in [0.3, 0.4) is 0 Å². The molecule has 1 aliphatic carbocycles. The van der Waals surface area contributed by atoms with Crippen molar-refractivity contribution in [2.24, 2.45) is 0 Å². The van der Waals surface area contributed by atoms with Gasteiger partial charge in [-0.3, -0.25) is 9.59 Å². The molecule has 0 bridgehead atoms. The van der Waals surface area contributed by atoms with Crippen LogP contribution >= 0.6 is 0 Å². The van der Waals surface area contributed by atoms with Gasteiger partial charge in [-0.1, -0.05) is 19.3 Å². The second-order valence-electron chi connectivity index (χ2n) is 6.38. The first-order valence-electron chi connectivity index (χ1n) is 8.37.